The van der Waals surface area contributed by atoms with Gasteiger partial charge in [0.1, 0.15) is 12.4 Å². The van der Waals surface area contributed by atoms with Crippen LogP contribution in [0.3, 0.4) is 0 Å². The molecule has 0 spiro atoms. The second kappa shape index (κ2) is 7.81. The third kappa shape index (κ3) is 4.91. The quantitative estimate of drug-likeness (QED) is 0.759. The first kappa shape index (κ1) is 19.2. The van der Waals surface area contributed by atoms with E-state index in [0.717, 1.165) is 18.6 Å². The molecule has 0 aliphatic carbocycles. The van der Waals surface area contributed by atoms with E-state index in [0.29, 0.717) is 22.6 Å². The minimum absolute atomic E-state index is 0.0338. The van der Waals surface area contributed by atoms with Crippen LogP contribution in [0, 0.1) is 4.77 Å². The molecule has 0 aliphatic rings. The zero-order valence-corrected chi connectivity index (χ0v) is 14.7. The normalized spacial score (nSPS) is 12.8. The molecule has 0 aliphatic heterocycles. The van der Waals surface area contributed by atoms with Gasteiger partial charge in [-0.15, -0.1) is 0 Å². The number of hydrogen-bond donors (Lipinski definition) is 2. The van der Waals surface area contributed by atoms with Gasteiger partial charge >= 0.3 is 6.18 Å². The van der Waals surface area contributed by atoms with Crippen LogP contribution in [0.5, 0.6) is 0 Å². The fourth-order valence-electron chi connectivity index (χ4n) is 2.43. The molecular formula is C16H19F3N4OS. The second-order valence-corrected chi connectivity index (χ2v) is 6.08. The highest BCUT2D eigenvalue weighted by atomic mass is 32.1. The van der Waals surface area contributed by atoms with Gasteiger partial charge in [-0.1, -0.05) is 19.1 Å². The van der Waals surface area contributed by atoms with Crippen molar-refractivity contribution in [2.24, 2.45) is 0 Å². The van der Waals surface area contributed by atoms with E-state index < -0.39 is 17.8 Å². The topological polar surface area (TPSA) is 62.7 Å². The predicted molar refractivity (Wildman–Crippen MR) is 89.4 cm³/mol. The Labute approximate surface area is 148 Å². The van der Waals surface area contributed by atoms with E-state index in [1.165, 1.54) is 6.07 Å². The fourth-order valence-corrected chi connectivity index (χ4v) is 2.64. The van der Waals surface area contributed by atoms with Crippen molar-refractivity contribution in [1.82, 2.24) is 20.1 Å². The molecule has 1 aromatic carbocycles. The number of rotatable bonds is 6. The molecule has 1 amide bonds. The maximum absolute atomic E-state index is 12.8. The molecule has 1 heterocycles. The fraction of sp³-hybridized carbons (Fsp3) is 0.438. The maximum Gasteiger partial charge on any atom is 0.416 e. The SMILES string of the molecule is CCCc1n[nH]c(=S)n1CC(=O)N[C@@H](C)c1cccc(C(F)(F)F)c1. The average Bonchev–Trinajstić information content (AvgIpc) is 2.87. The van der Waals surface area contributed by atoms with Gasteiger partial charge in [0.05, 0.1) is 11.6 Å². The van der Waals surface area contributed by atoms with Gasteiger partial charge in [-0.05, 0) is 43.3 Å². The molecular weight excluding hydrogens is 353 g/mol. The van der Waals surface area contributed by atoms with Crippen molar-refractivity contribution >= 4 is 18.1 Å². The van der Waals surface area contributed by atoms with Crippen LogP contribution in [-0.4, -0.2) is 20.7 Å². The van der Waals surface area contributed by atoms with Crippen LogP contribution < -0.4 is 5.32 Å². The summed E-state index contributed by atoms with van der Waals surface area (Å²) < 4.78 is 40.3. The number of carbonyl (C=O) groups is 1. The molecule has 0 bridgehead atoms. The average molecular weight is 372 g/mol. The smallest absolute Gasteiger partial charge is 0.348 e. The van der Waals surface area contributed by atoms with Crippen LogP contribution in [-0.2, 0) is 23.9 Å². The highest BCUT2D eigenvalue weighted by Gasteiger charge is 2.30. The molecule has 2 rings (SSSR count). The Bertz CT molecular complexity index is 797. The lowest BCUT2D eigenvalue weighted by Gasteiger charge is -2.16. The summed E-state index contributed by atoms with van der Waals surface area (Å²) in [6, 6.07) is 4.35. The molecule has 0 radical (unpaired) electrons. The zero-order chi connectivity index (χ0) is 18.6. The number of hydrogen-bond acceptors (Lipinski definition) is 3. The molecule has 2 aromatic rings. The van der Waals surface area contributed by atoms with E-state index in [-0.39, 0.29) is 12.5 Å². The first-order chi connectivity index (χ1) is 11.7. The Morgan fingerprint density at radius 3 is 2.80 bits per heavy atom. The number of alkyl halides is 3. The third-order valence-electron chi connectivity index (χ3n) is 3.70. The number of aromatic nitrogens is 3. The number of H-pyrrole nitrogens is 1. The number of aromatic amines is 1. The summed E-state index contributed by atoms with van der Waals surface area (Å²) in [7, 11) is 0. The summed E-state index contributed by atoms with van der Waals surface area (Å²) in [6.45, 7) is 3.58. The van der Waals surface area contributed by atoms with E-state index >= 15 is 0 Å². The van der Waals surface area contributed by atoms with Crippen molar-refractivity contribution < 1.29 is 18.0 Å². The van der Waals surface area contributed by atoms with Crippen molar-refractivity contribution in [3.8, 4) is 0 Å². The maximum atomic E-state index is 12.8. The van der Waals surface area contributed by atoms with E-state index in [2.05, 4.69) is 15.5 Å². The number of benzene rings is 1. The van der Waals surface area contributed by atoms with Gasteiger partial charge < -0.3 is 5.32 Å². The molecule has 9 heteroatoms. The lowest BCUT2D eigenvalue weighted by Crippen LogP contribution is -2.30. The van der Waals surface area contributed by atoms with Gasteiger partial charge in [0, 0.05) is 6.42 Å². The van der Waals surface area contributed by atoms with Gasteiger partial charge in [-0.2, -0.15) is 18.3 Å². The van der Waals surface area contributed by atoms with Gasteiger partial charge in [-0.3, -0.25) is 14.5 Å². The van der Waals surface area contributed by atoms with Crippen molar-refractivity contribution in [2.45, 2.75) is 45.5 Å². The summed E-state index contributed by atoms with van der Waals surface area (Å²) in [5.41, 5.74) is -0.360. The Kier molecular flexibility index (Phi) is 5.99. The van der Waals surface area contributed by atoms with Crippen LogP contribution in [0.1, 0.15) is 43.3 Å². The van der Waals surface area contributed by atoms with Gasteiger partial charge in [0.15, 0.2) is 4.77 Å². The number of carbonyl (C=O) groups excluding carboxylic acids is 1. The first-order valence-electron chi connectivity index (χ1n) is 7.83. The largest absolute Gasteiger partial charge is 0.416 e. The summed E-state index contributed by atoms with van der Waals surface area (Å²) in [5.74, 6) is 0.328. The summed E-state index contributed by atoms with van der Waals surface area (Å²) in [6.07, 6.45) is -2.90. The number of nitrogens with one attached hydrogen (secondary N) is 2. The number of nitrogens with zero attached hydrogens (tertiary/aromatic N) is 2. The Morgan fingerprint density at radius 2 is 2.16 bits per heavy atom. The van der Waals surface area contributed by atoms with Crippen molar-refractivity contribution in [3.05, 3.63) is 46.0 Å². The Morgan fingerprint density at radius 1 is 1.44 bits per heavy atom. The molecule has 25 heavy (non-hydrogen) atoms. The van der Waals surface area contributed by atoms with Gasteiger partial charge in [-0.25, -0.2) is 0 Å². The van der Waals surface area contributed by atoms with Crippen molar-refractivity contribution in [3.63, 3.8) is 0 Å². The predicted octanol–water partition coefficient (Wildman–Crippen LogP) is 3.79. The summed E-state index contributed by atoms with van der Waals surface area (Å²) in [4.78, 5) is 12.2. The zero-order valence-electron chi connectivity index (χ0n) is 13.9. The summed E-state index contributed by atoms with van der Waals surface area (Å²) >= 11 is 5.11. The molecule has 2 N–H and O–H groups in total. The highest BCUT2D eigenvalue weighted by molar-refractivity contribution is 7.71. The molecule has 1 aromatic heterocycles. The third-order valence-corrected chi connectivity index (χ3v) is 4.02. The molecule has 0 saturated heterocycles. The van der Waals surface area contributed by atoms with E-state index in [1.807, 2.05) is 6.92 Å². The van der Waals surface area contributed by atoms with Crippen LogP contribution >= 0.6 is 12.2 Å². The Hall–Kier alpha value is -2.16. The lowest BCUT2D eigenvalue weighted by atomic mass is 10.0. The van der Waals surface area contributed by atoms with Crippen molar-refractivity contribution in [1.29, 1.82) is 0 Å². The Balaban J connectivity index is 2.08. The molecule has 1 atom stereocenters. The number of aryl methyl sites for hydroxylation is 1. The van der Waals surface area contributed by atoms with E-state index in [1.54, 1.807) is 17.6 Å². The number of halogens is 3. The van der Waals surface area contributed by atoms with Crippen LogP contribution in [0.2, 0.25) is 0 Å². The molecule has 5 nitrogen and oxygen atoms in total. The van der Waals surface area contributed by atoms with E-state index in [4.69, 9.17) is 12.2 Å². The minimum atomic E-state index is -4.42. The highest BCUT2D eigenvalue weighted by Crippen LogP contribution is 2.30. The molecule has 0 saturated carbocycles. The lowest BCUT2D eigenvalue weighted by molar-refractivity contribution is -0.137. The molecule has 0 fully saturated rings. The molecule has 0 unspecified atom stereocenters. The van der Waals surface area contributed by atoms with Crippen LogP contribution in [0.4, 0.5) is 13.2 Å². The van der Waals surface area contributed by atoms with Gasteiger partial charge in [0.2, 0.25) is 5.91 Å². The first-order valence-corrected chi connectivity index (χ1v) is 8.23. The van der Waals surface area contributed by atoms with Gasteiger partial charge in [0.25, 0.3) is 0 Å². The number of amides is 1. The standard InChI is InChI=1S/C16H19F3N4OS/c1-3-5-13-21-22-15(25)23(13)9-14(24)20-10(2)11-6-4-7-12(8-11)16(17,18)19/h4,6-8,10H,3,5,9H2,1-2H3,(H,20,24)(H,22,25)/t10-/m0/s1. The molecule has 136 valence electrons. The van der Waals surface area contributed by atoms with Crippen LogP contribution in [0.25, 0.3) is 0 Å². The van der Waals surface area contributed by atoms with Crippen LogP contribution in [0.15, 0.2) is 24.3 Å². The second-order valence-electron chi connectivity index (χ2n) is 5.69. The van der Waals surface area contributed by atoms with Crippen molar-refractivity contribution in [2.75, 3.05) is 0 Å². The minimum Gasteiger partial charge on any atom is -0.348 e. The van der Waals surface area contributed by atoms with E-state index in [9.17, 15) is 18.0 Å². The monoisotopic (exact) mass is 372 g/mol. The summed E-state index contributed by atoms with van der Waals surface area (Å²) in [5, 5.41) is 9.42.